The van der Waals surface area contributed by atoms with E-state index in [1.165, 1.54) is 17.3 Å². The monoisotopic (exact) mass is 416 g/mol. The van der Waals surface area contributed by atoms with Gasteiger partial charge in [0.2, 0.25) is 5.91 Å². The summed E-state index contributed by atoms with van der Waals surface area (Å²) in [7, 11) is 3.36. The van der Waals surface area contributed by atoms with Crippen molar-refractivity contribution in [3.63, 3.8) is 0 Å². The van der Waals surface area contributed by atoms with E-state index in [2.05, 4.69) is 10.2 Å². The Morgan fingerprint density at radius 3 is 2.71 bits per heavy atom. The number of carbonyl (C=O) groups excluding carboxylic acids is 1. The summed E-state index contributed by atoms with van der Waals surface area (Å²) in [5.41, 5.74) is 3.00. The van der Waals surface area contributed by atoms with Gasteiger partial charge in [-0.2, -0.15) is 0 Å². The van der Waals surface area contributed by atoms with Gasteiger partial charge in [0.15, 0.2) is 5.16 Å². The van der Waals surface area contributed by atoms with E-state index in [0.29, 0.717) is 22.5 Å². The lowest BCUT2D eigenvalue weighted by Gasteiger charge is -2.19. The molecule has 0 saturated carbocycles. The second kappa shape index (κ2) is 9.12. The second-order valence-electron chi connectivity index (χ2n) is 6.31. The number of nitrogens with zero attached hydrogens (tertiary/aromatic N) is 4. The Morgan fingerprint density at radius 2 is 2.00 bits per heavy atom. The van der Waals surface area contributed by atoms with Crippen LogP contribution in [0.2, 0.25) is 5.02 Å². The number of rotatable bonds is 7. The number of thioether (sulfide) groups is 1. The van der Waals surface area contributed by atoms with Crippen molar-refractivity contribution in [2.75, 3.05) is 19.9 Å². The normalized spacial score (nSPS) is 10.7. The molecule has 0 bridgehead atoms. The summed E-state index contributed by atoms with van der Waals surface area (Å²) in [6.45, 7) is 2.45. The third-order valence-corrected chi connectivity index (χ3v) is 5.39. The molecule has 1 aromatic heterocycles. The summed E-state index contributed by atoms with van der Waals surface area (Å²) in [4.78, 5) is 14.2. The molecule has 0 aliphatic carbocycles. The Balaban J connectivity index is 1.64. The standard InChI is InChI=1S/C20H21ClN4O2S/c1-14-4-7-17(8-5-14)25-13-22-23-20(25)28-12-19(26)24(2)11-15-10-16(21)6-9-18(15)27-3/h4-10,13H,11-12H2,1-3H3. The van der Waals surface area contributed by atoms with E-state index in [9.17, 15) is 4.79 Å². The fourth-order valence-electron chi connectivity index (χ4n) is 2.66. The highest BCUT2D eigenvalue weighted by atomic mass is 35.5. The molecule has 0 atom stereocenters. The quantitative estimate of drug-likeness (QED) is 0.545. The first-order valence-corrected chi connectivity index (χ1v) is 10.0. The number of benzene rings is 2. The molecule has 0 spiro atoms. The smallest absolute Gasteiger partial charge is 0.233 e. The molecule has 0 aliphatic heterocycles. The molecular weight excluding hydrogens is 396 g/mol. The zero-order valence-electron chi connectivity index (χ0n) is 15.9. The molecule has 6 nitrogen and oxygen atoms in total. The number of amides is 1. The number of ether oxygens (including phenoxy) is 1. The molecule has 8 heteroatoms. The van der Waals surface area contributed by atoms with Gasteiger partial charge in [-0.05, 0) is 37.3 Å². The van der Waals surface area contributed by atoms with Gasteiger partial charge in [0, 0.05) is 29.9 Å². The summed E-state index contributed by atoms with van der Waals surface area (Å²) in [6, 6.07) is 13.4. The maximum absolute atomic E-state index is 12.6. The van der Waals surface area contributed by atoms with Crippen LogP contribution in [0.25, 0.3) is 5.69 Å². The topological polar surface area (TPSA) is 60.2 Å². The summed E-state index contributed by atoms with van der Waals surface area (Å²) in [5.74, 6) is 0.936. The first-order chi connectivity index (χ1) is 13.5. The van der Waals surface area contributed by atoms with Crippen LogP contribution in [0.15, 0.2) is 53.9 Å². The average molecular weight is 417 g/mol. The molecule has 28 heavy (non-hydrogen) atoms. The molecule has 0 N–H and O–H groups in total. The number of hydrogen-bond acceptors (Lipinski definition) is 5. The highest BCUT2D eigenvalue weighted by Crippen LogP contribution is 2.25. The predicted molar refractivity (Wildman–Crippen MR) is 111 cm³/mol. The molecular formula is C20H21ClN4O2S. The van der Waals surface area contributed by atoms with E-state index < -0.39 is 0 Å². The van der Waals surface area contributed by atoms with Gasteiger partial charge in [-0.1, -0.05) is 41.1 Å². The van der Waals surface area contributed by atoms with Crippen molar-refractivity contribution in [1.29, 1.82) is 0 Å². The summed E-state index contributed by atoms with van der Waals surface area (Å²) in [5, 5.41) is 9.40. The van der Waals surface area contributed by atoms with Crippen molar-refractivity contribution in [3.8, 4) is 11.4 Å². The molecule has 2 aromatic carbocycles. The maximum Gasteiger partial charge on any atom is 0.233 e. The molecule has 1 amide bonds. The van der Waals surface area contributed by atoms with Crippen molar-refractivity contribution >= 4 is 29.3 Å². The fourth-order valence-corrected chi connectivity index (χ4v) is 3.72. The molecule has 0 aliphatic rings. The summed E-state index contributed by atoms with van der Waals surface area (Å²) < 4.78 is 7.22. The van der Waals surface area contributed by atoms with E-state index in [-0.39, 0.29) is 11.7 Å². The highest BCUT2D eigenvalue weighted by Gasteiger charge is 2.15. The molecule has 1 heterocycles. The number of halogens is 1. The first kappa shape index (κ1) is 20.2. The fraction of sp³-hybridized carbons (Fsp3) is 0.250. The van der Waals surface area contributed by atoms with E-state index in [1.54, 1.807) is 37.5 Å². The van der Waals surface area contributed by atoms with Gasteiger partial charge in [-0.25, -0.2) is 0 Å². The molecule has 146 valence electrons. The van der Waals surface area contributed by atoms with Crippen LogP contribution in [-0.2, 0) is 11.3 Å². The van der Waals surface area contributed by atoms with Crippen LogP contribution < -0.4 is 4.74 Å². The second-order valence-corrected chi connectivity index (χ2v) is 7.69. The van der Waals surface area contributed by atoms with Crippen LogP contribution in [0.1, 0.15) is 11.1 Å². The molecule has 3 aromatic rings. The Morgan fingerprint density at radius 1 is 1.25 bits per heavy atom. The van der Waals surface area contributed by atoms with Gasteiger partial charge < -0.3 is 9.64 Å². The van der Waals surface area contributed by atoms with Crippen LogP contribution >= 0.6 is 23.4 Å². The van der Waals surface area contributed by atoms with Gasteiger partial charge in [-0.3, -0.25) is 9.36 Å². The highest BCUT2D eigenvalue weighted by molar-refractivity contribution is 7.99. The molecule has 0 radical (unpaired) electrons. The minimum absolute atomic E-state index is 0.0227. The number of carbonyl (C=O) groups is 1. The van der Waals surface area contributed by atoms with Crippen LogP contribution in [-0.4, -0.2) is 45.5 Å². The number of hydrogen-bond donors (Lipinski definition) is 0. The largest absolute Gasteiger partial charge is 0.496 e. The van der Waals surface area contributed by atoms with Crippen LogP contribution in [0.5, 0.6) is 5.75 Å². The Kier molecular flexibility index (Phi) is 6.59. The SMILES string of the molecule is COc1ccc(Cl)cc1CN(C)C(=O)CSc1nncn1-c1ccc(C)cc1. The van der Waals surface area contributed by atoms with Gasteiger partial charge in [0.1, 0.15) is 12.1 Å². The Bertz CT molecular complexity index is 959. The molecule has 0 fully saturated rings. The van der Waals surface area contributed by atoms with E-state index in [1.807, 2.05) is 41.8 Å². The summed E-state index contributed by atoms with van der Waals surface area (Å²) in [6.07, 6.45) is 1.65. The van der Waals surface area contributed by atoms with E-state index in [0.717, 1.165) is 11.3 Å². The van der Waals surface area contributed by atoms with Gasteiger partial charge >= 0.3 is 0 Å². The minimum atomic E-state index is -0.0227. The number of aryl methyl sites for hydroxylation is 1. The average Bonchev–Trinajstić information content (AvgIpc) is 3.15. The first-order valence-electron chi connectivity index (χ1n) is 8.64. The zero-order valence-corrected chi connectivity index (χ0v) is 17.5. The third-order valence-electron chi connectivity index (χ3n) is 4.23. The molecule has 0 saturated heterocycles. The van der Waals surface area contributed by atoms with Crippen molar-refractivity contribution in [1.82, 2.24) is 19.7 Å². The van der Waals surface area contributed by atoms with E-state index in [4.69, 9.17) is 16.3 Å². The van der Waals surface area contributed by atoms with Crippen molar-refractivity contribution in [3.05, 3.63) is 64.9 Å². The number of aromatic nitrogens is 3. The summed E-state index contributed by atoms with van der Waals surface area (Å²) >= 11 is 7.42. The van der Waals surface area contributed by atoms with Crippen molar-refractivity contribution in [2.24, 2.45) is 0 Å². The lowest BCUT2D eigenvalue weighted by molar-refractivity contribution is -0.127. The lowest BCUT2D eigenvalue weighted by Crippen LogP contribution is -2.28. The van der Waals surface area contributed by atoms with Gasteiger partial charge in [-0.15, -0.1) is 10.2 Å². The molecule has 0 unspecified atom stereocenters. The van der Waals surface area contributed by atoms with Crippen LogP contribution in [0, 0.1) is 6.92 Å². The van der Waals surface area contributed by atoms with E-state index >= 15 is 0 Å². The minimum Gasteiger partial charge on any atom is -0.496 e. The Hall–Kier alpha value is -2.51. The van der Waals surface area contributed by atoms with Crippen molar-refractivity contribution < 1.29 is 9.53 Å². The lowest BCUT2D eigenvalue weighted by atomic mass is 10.2. The van der Waals surface area contributed by atoms with Gasteiger partial charge in [0.05, 0.1) is 12.9 Å². The Labute approximate surface area is 173 Å². The van der Waals surface area contributed by atoms with Crippen LogP contribution in [0.3, 0.4) is 0 Å². The zero-order chi connectivity index (χ0) is 20.1. The number of methoxy groups -OCH3 is 1. The third kappa shape index (κ3) is 4.85. The maximum atomic E-state index is 12.6. The predicted octanol–water partition coefficient (Wildman–Crippen LogP) is 3.99. The van der Waals surface area contributed by atoms with Gasteiger partial charge in [0.25, 0.3) is 0 Å². The van der Waals surface area contributed by atoms with Crippen LogP contribution in [0.4, 0.5) is 0 Å². The molecule has 3 rings (SSSR count). The van der Waals surface area contributed by atoms with Crippen molar-refractivity contribution in [2.45, 2.75) is 18.6 Å².